The number of hydrogen-bond acceptors (Lipinski definition) is 6. The topological polar surface area (TPSA) is 96.0 Å². The van der Waals surface area contributed by atoms with E-state index in [1.165, 1.54) is 23.5 Å². The lowest BCUT2D eigenvalue weighted by Gasteiger charge is -2.38. The second-order valence-electron chi connectivity index (χ2n) is 6.64. The van der Waals surface area contributed by atoms with Gasteiger partial charge < -0.3 is 15.0 Å². The molecule has 3 rings (SSSR count). The van der Waals surface area contributed by atoms with Crippen molar-refractivity contribution in [3.63, 3.8) is 0 Å². The Bertz CT molecular complexity index is 975. The zero-order valence-corrected chi connectivity index (χ0v) is 17.8. The van der Waals surface area contributed by atoms with Crippen molar-refractivity contribution >= 4 is 33.2 Å². The number of thiophene rings is 1. The van der Waals surface area contributed by atoms with Crippen LogP contribution >= 0.6 is 11.3 Å². The molecule has 0 radical (unpaired) electrons. The maximum absolute atomic E-state index is 13.1. The van der Waals surface area contributed by atoms with E-state index in [1.54, 1.807) is 36.1 Å². The summed E-state index contributed by atoms with van der Waals surface area (Å²) in [6.07, 6.45) is 0. The summed E-state index contributed by atoms with van der Waals surface area (Å²) in [6, 6.07) is 11.5. The third kappa shape index (κ3) is 4.67. The number of carbonyl (C=O) groups is 2. The van der Waals surface area contributed by atoms with Gasteiger partial charge >= 0.3 is 0 Å². The molecule has 1 aliphatic rings. The van der Waals surface area contributed by atoms with Crippen LogP contribution in [0.2, 0.25) is 0 Å². The lowest BCUT2D eigenvalue weighted by atomic mass is 10.1. The van der Waals surface area contributed by atoms with E-state index in [9.17, 15) is 18.0 Å². The predicted molar refractivity (Wildman–Crippen MR) is 109 cm³/mol. The highest BCUT2D eigenvalue weighted by atomic mass is 32.2. The number of amides is 2. The molecule has 2 amide bonds. The van der Waals surface area contributed by atoms with Crippen molar-refractivity contribution in [2.75, 3.05) is 33.5 Å². The van der Waals surface area contributed by atoms with Crippen LogP contribution in [-0.4, -0.2) is 69.0 Å². The molecule has 0 saturated carbocycles. The monoisotopic (exact) mass is 437 g/mol. The van der Waals surface area contributed by atoms with E-state index in [-0.39, 0.29) is 35.3 Å². The number of nitrogens with zero attached hydrogens (tertiary/aromatic N) is 2. The van der Waals surface area contributed by atoms with E-state index in [0.29, 0.717) is 23.5 Å². The molecule has 29 heavy (non-hydrogen) atoms. The van der Waals surface area contributed by atoms with Gasteiger partial charge in [0.2, 0.25) is 0 Å². The summed E-state index contributed by atoms with van der Waals surface area (Å²) in [4.78, 5) is 26.6. The fraction of sp³-hybridized carbons (Fsp3) is 0.368. The molecule has 0 aliphatic carbocycles. The van der Waals surface area contributed by atoms with Crippen LogP contribution in [0.4, 0.5) is 0 Å². The molecule has 1 atom stereocenters. The van der Waals surface area contributed by atoms with Crippen LogP contribution in [0, 0.1) is 0 Å². The van der Waals surface area contributed by atoms with Gasteiger partial charge in [-0.2, -0.15) is 4.31 Å². The SMILES string of the molecule is COCNC(=O)c1ccc(S(=O)(=O)N2CCN(C(=O)c3ccccc3)CC2C)s1. The number of hydrogen-bond donors (Lipinski definition) is 1. The van der Waals surface area contributed by atoms with Crippen molar-refractivity contribution in [2.24, 2.45) is 0 Å². The van der Waals surface area contributed by atoms with Gasteiger partial charge in [-0.3, -0.25) is 9.59 Å². The number of rotatable bonds is 6. The smallest absolute Gasteiger partial charge is 0.263 e. The van der Waals surface area contributed by atoms with Gasteiger partial charge in [-0.05, 0) is 31.2 Å². The molecule has 2 heterocycles. The van der Waals surface area contributed by atoms with Crippen molar-refractivity contribution in [3.8, 4) is 0 Å². The molecule has 8 nitrogen and oxygen atoms in total. The largest absolute Gasteiger partial charge is 0.364 e. The Balaban J connectivity index is 1.70. The van der Waals surface area contributed by atoms with Crippen LogP contribution < -0.4 is 5.32 Å². The second kappa shape index (κ2) is 9.04. The van der Waals surface area contributed by atoms with E-state index >= 15 is 0 Å². The molecule has 0 bridgehead atoms. The Hall–Kier alpha value is -2.27. The molecule has 1 aromatic carbocycles. The summed E-state index contributed by atoms with van der Waals surface area (Å²) in [6.45, 7) is 2.64. The number of sulfonamides is 1. The molecular weight excluding hydrogens is 414 g/mol. The van der Waals surface area contributed by atoms with Crippen molar-refractivity contribution < 1.29 is 22.7 Å². The first-order valence-electron chi connectivity index (χ1n) is 9.07. The minimum atomic E-state index is -3.76. The van der Waals surface area contributed by atoms with Gasteiger partial charge in [0, 0.05) is 38.3 Å². The summed E-state index contributed by atoms with van der Waals surface area (Å²) in [5.74, 6) is -0.493. The number of benzene rings is 1. The number of piperazine rings is 1. The molecule has 1 aromatic heterocycles. The average Bonchev–Trinajstić information content (AvgIpc) is 3.23. The van der Waals surface area contributed by atoms with E-state index < -0.39 is 10.0 Å². The molecule has 1 unspecified atom stereocenters. The third-order valence-corrected chi connectivity index (χ3v) is 8.18. The first-order valence-corrected chi connectivity index (χ1v) is 11.3. The molecular formula is C19H23N3O5S2. The maximum atomic E-state index is 13.1. The summed E-state index contributed by atoms with van der Waals surface area (Å²) < 4.78 is 32.4. The Morgan fingerprint density at radius 1 is 1.17 bits per heavy atom. The van der Waals surface area contributed by atoms with Gasteiger partial charge in [-0.25, -0.2) is 8.42 Å². The van der Waals surface area contributed by atoms with Crippen molar-refractivity contribution in [1.29, 1.82) is 0 Å². The molecule has 1 fully saturated rings. The lowest BCUT2D eigenvalue weighted by molar-refractivity contribution is 0.0642. The minimum absolute atomic E-state index is 0.0489. The van der Waals surface area contributed by atoms with Crippen LogP contribution in [0.25, 0.3) is 0 Å². The second-order valence-corrected chi connectivity index (χ2v) is 9.84. The van der Waals surface area contributed by atoms with Gasteiger partial charge in [-0.1, -0.05) is 18.2 Å². The normalized spacial score (nSPS) is 17.9. The van der Waals surface area contributed by atoms with E-state index in [2.05, 4.69) is 5.32 Å². The lowest BCUT2D eigenvalue weighted by Crippen LogP contribution is -2.55. The molecule has 2 aromatic rings. The molecule has 0 spiro atoms. The summed E-state index contributed by atoms with van der Waals surface area (Å²) in [5.41, 5.74) is 0.584. The fourth-order valence-corrected chi connectivity index (χ4v) is 6.13. The van der Waals surface area contributed by atoms with Gasteiger partial charge in [0.15, 0.2) is 0 Å². The summed E-state index contributed by atoms with van der Waals surface area (Å²) >= 11 is 0.920. The van der Waals surface area contributed by atoms with Gasteiger partial charge in [0.1, 0.15) is 10.9 Å². The Morgan fingerprint density at radius 3 is 2.55 bits per heavy atom. The minimum Gasteiger partial charge on any atom is -0.364 e. The average molecular weight is 438 g/mol. The quantitative estimate of drug-likeness (QED) is 0.693. The molecule has 1 saturated heterocycles. The molecule has 10 heteroatoms. The van der Waals surface area contributed by atoms with Crippen molar-refractivity contribution in [1.82, 2.24) is 14.5 Å². The van der Waals surface area contributed by atoms with Gasteiger partial charge in [0.25, 0.3) is 21.8 Å². The predicted octanol–water partition coefficient (Wildman–Crippen LogP) is 1.62. The summed E-state index contributed by atoms with van der Waals surface area (Å²) in [7, 11) is -2.30. The highest BCUT2D eigenvalue weighted by Gasteiger charge is 2.36. The first kappa shape index (κ1) is 21.4. The Morgan fingerprint density at radius 2 is 1.90 bits per heavy atom. The fourth-order valence-electron chi connectivity index (χ4n) is 3.17. The Labute approximate surface area is 174 Å². The van der Waals surface area contributed by atoms with Gasteiger partial charge in [-0.15, -0.1) is 11.3 Å². The zero-order chi connectivity index (χ0) is 21.0. The zero-order valence-electron chi connectivity index (χ0n) is 16.2. The summed E-state index contributed by atoms with van der Waals surface area (Å²) in [5, 5.41) is 2.53. The van der Waals surface area contributed by atoms with E-state index in [0.717, 1.165) is 11.3 Å². The van der Waals surface area contributed by atoms with Crippen LogP contribution in [0.5, 0.6) is 0 Å². The highest BCUT2D eigenvalue weighted by Crippen LogP contribution is 2.28. The number of carbonyl (C=O) groups excluding carboxylic acids is 2. The number of ether oxygens (including phenoxy) is 1. The van der Waals surface area contributed by atoms with Crippen molar-refractivity contribution in [2.45, 2.75) is 17.2 Å². The Kier molecular flexibility index (Phi) is 6.68. The van der Waals surface area contributed by atoms with Crippen LogP contribution in [0.1, 0.15) is 27.0 Å². The maximum Gasteiger partial charge on any atom is 0.263 e. The van der Waals surface area contributed by atoms with E-state index in [1.807, 2.05) is 6.07 Å². The first-order chi connectivity index (χ1) is 13.8. The number of methoxy groups -OCH3 is 1. The highest BCUT2D eigenvalue weighted by molar-refractivity contribution is 7.91. The molecule has 1 aliphatic heterocycles. The van der Waals surface area contributed by atoms with Crippen LogP contribution in [-0.2, 0) is 14.8 Å². The van der Waals surface area contributed by atoms with Crippen LogP contribution in [0.3, 0.4) is 0 Å². The van der Waals surface area contributed by atoms with E-state index in [4.69, 9.17) is 4.74 Å². The third-order valence-electron chi connectivity index (χ3n) is 4.62. The standard InChI is InChI=1S/C19H23N3O5S2/c1-14-12-21(19(24)15-6-4-3-5-7-15)10-11-22(14)29(25,26)17-9-8-16(28-17)18(23)20-13-27-2/h3-9,14H,10-13H2,1-2H3,(H,20,23). The molecule has 156 valence electrons. The van der Waals surface area contributed by atoms with Crippen LogP contribution in [0.15, 0.2) is 46.7 Å². The van der Waals surface area contributed by atoms with Gasteiger partial charge in [0.05, 0.1) is 4.88 Å². The molecule has 1 N–H and O–H groups in total. The van der Waals surface area contributed by atoms with Crippen molar-refractivity contribution in [3.05, 3.63) is 52.9 Å². The number of nitrogens with one attached hydrogen (secondary N) is 1.